The summed E-state index contributed by atoms with van der Waals surface area (Å²) in [4.78, 5) is 0. The lowest BCUT2D eigenvalue weighted by atomic mass is 10.0. The number of nitrogens with two attached hydrogens (primary N) is 1. The summed E-state index contributed by atoms with van der Waals surface area (Å²) in [6.07, 6.45) is 3.83. The van der Waals surface area contributed by atoms with Gasteiger partial charge in [-0.3, -0.25) is 10.5 Å². The maximum absolute atomic E-state index is 5.64. The van der Waals surface area contributed by atoms with Crippen molar-refractivity contribution < 1.29 is 4.74 Å². The Morgan fingerprint density at radius 1 is 1.33 bits per heavy atom. The van der Waals surface area contributed by atoms with E-state index in [0.717, 1.165) is 23.4 Å². The molecule has 0 fully saturated rings. The summed E-state index contributed by atoms with van der Waals surface area (Å²) in [6.45, 7) is 2.90. The molecule has 0 saturated carbocycles. The molecule has 2 rings (SSSR count). The molecular weight excluding hydrogens is 228 g/mol. The topological polar surface area (TPSA) is 65.1 Å². The van der Waals surface area contributed by atoms with Gasteiger partial charge >= 0.3 is 0 Å². The average molecular weight is 246 g/mol. The molecule has 2 aromatic rings. The lowest BCUT2D eigenvalue weighted by Gasteiger charge is -2.14. The first-order chi connectivity index (χ1) is 8.78. The molecule has 1 unspecified atom stereocenters. The molecule has 0 spiro atoms. The van der Waals surface area contributed by atoms with Crippen LogP contribution < -0.4 is 16.0 Å². The fraction of sp³-hybridized carbons (Fsp3) is 0.308. The van der Waals surface area contributed by atoms with Crippen LogP contribution in [0.2, 0.25) is 0 Å². The van der Waals surface area contributed by atoms with Crippen molar-refractivity contribution in [1.29, 1.82) is 0 Å². The standard InChI is InChI=1S/C13H18N4O/c1-3-17-9-11(8-15-17)13(16-14)10-4-6-12(18-2)7-5-10/h4-9,13,16H,3,14H2,1-2H3. The summed E-state index contributed by atoms with van der Waals surface area (Å²) in [5.74, 6) is 6.47. The molecule has 0 aliphatic carbocycles. The first kappa shape index (κ1) is 12.6. The summed E-state index contributed by atoms with van der Waals surface area (Å²) in [5.41, 5.74) is 4.94. The van der Waals surface area contributed by atoms with Crippen molar-refractivity contribution in [1.82, 2.24) is 15.2 Å². The molecule has 0 amide bonds. The molecule has 1 heterocycles. The Kier molecular flexibility index (Phi) is 3.96. The van der Waals surface area contributed by atoms with Crippen LogP contribution in [-0.2, 0) is 6.54 Å². The first-order valence-electron chi connectivity index (χ1n) is 5.91. The molecule has 5 nitrogen and oxygen atoms in total. The van der Waals surface area contributed by atoms with Crippen molar-refractivity contribution in [2.45, 2.75) is 19.5 Å². The highest BCUT2D eigenvalue weighted by molar-refractivity contribution is 5.33. The monoisotopic (exact) mass is 246 g/mol. The fourth-order valence-electron chi connectivity index (χ4n) is 1.88. The minimum Gasteiger partial charge on any atom is -0.497 e. The van der Waals surface area contributed by atoms with E-state index in [-0.39, 0.29) is 6.04 Å². The van der Waals surface area contributed by atoms with Gasteiger partial charge in [-0.05, 0) is 24.6 Å². The van der Waals surface area contributed by atoms with Gasteiger partial charge in [0.2, 0.25) is 0 Å². The highest BCUT2D eigenvalue weighted by Crippen LogP contribution is 2.23. The number of methoxy groups -OCH3 is 1. The zero-order valence-electron chi connectivity index (χ0n) is 10.6. The van der Waals surface area contributed by atoms with Crippen LogP contribution in [0.1, 0.15) is 24.1 Å². The number of hydrogen-bond donors (Lipinski definition) is 2. The highest BCUT2D eigenvalue weighted by atomic mass is 16.5. The van der Waals surface area contributed by atoms with E-state index in [4.69, 9.17) is 10.6 Å². The number of benzene rings is 1. The minimum absolute atomic E-state index is 0.0591. The van der Waals surface area contributed by atoms with E-state index < -0.39 is 0 Å². The second kappa shape index (κ2) is 5.66. The number of hydrazine groups is 1. The van der Waals surface area contributed by atoms with Crippen LogP contribution in [-0.4, -0.2) is 16.9 Å². The summed E-state index contributed by atoms with van der Waals surface area (Å²) < 4.78 is 7.02. The molecule has 18 heavy (non-hydrogen) atoms. The number of aryl methyl sites for hydroxylation is 1. The van der Waals surface area contributed by atoms with Gasteiger partial charge in [-0.15, -0.1) is 0 Å². The molecule has 0 radical (unpaired) electrons. The molecular formula is C13H18N4O. The van der Waals surface area contributed by atoms with E-state index in [1.54, 1.807) is 7.11 Å². The van der Waals surface area contributed by atoms with Gasteiger partial charge in [0.15, 0.2) is 0 Å². The van der Waals surface area contributed by atoms with E-state index in [9.17, 15) is 0 Å². The fourth-order valence-corrected chi connectivity index (χ4v) is 1.88. The number of aromatic nitrogens is 2. The van der Waals surface area contributed by atoms with Gasteiger partial charge < -0.3 is 4.74 Å². The Labute approximate surface area is 107 Å². The van der Waals surface area contributed by atoms with Gasteiger partial charge in [0.1, 0.15) is 5.75 Å². The Morgan fingerprint density at radius 2 is 2.06 bits per heavy atom. The van der Waals surface area contributed by atoms with Crippen LogP contribution >= 0.6 is 0 Å². The molecule has 96 valence electrons. The van der Waals surface area contributed by atoms with Crippen molar-refractivity contribution in [2.75, 3.05) is 7.11 Å². The maximum Gasteiger partial charge on any atom is 0.118 e. The zero-order valence-corrected chi connectivity index (χ0v) is 10.6. The van der Waals surface area contributed by atoms with Crippen molar-refractivity contribution in [3.05, 3.63) is 47.8 Å². The highest BCUT2D eigenvalue weighted by Gasteiger charge is 2.14. The molecule has 3 N–H and O–H groups in total. The van der Waals surface area contributed by atoms with Crippen LogP contribution in [0.5, 0.6) is 5.75 Å². The number of nitrogens with zero attached hydrogens (tertiary/aromatic N) is 2. The van der Waals surface area contributed by atoms with E-state index in [1.807, 2.05) is 41.3 Å². The minimum atomic E-state index is -0.0591. The largest absolute Gasteiger partial charge is 0.497 e. The average Bonchev–Trinajstić information content (AvgIpc) is 2.89. The van der Waals surface area contributed by atoms with Gasteiger partial charge in [-0.25, -0.2) is 5.43 Å². The molecule has 5 heteroatoms. The van der Waals surface area contributed by atoms with Crippen LogP contribution in [0.4, 0.5) is 0 Å². The van der Waals surface area contributed by atoms with Gasteiger partial charge in [0.05, 0.1) is 19.3 Å². The number of nitrogens with one attached hydrogen (secondary N) is 1. The molecule has 0 aliphatic rings. The van der Waals surface area contributed by atoms with Crippen LogP contribution in [0, 0.1) is 0 Å². The predicted octanol–water partition coefficient (Wildman–Crippen LogP) is 1.46. The molecule has 1 aromatic heterocycles. The maximum atomic E-state index is 5.64. The third-order valence-electron chi connectivity index (χ3n) is 2.93. The van der Waals surface area contributed by atoms with Gasteiger partial charge in [-0.1, -0.05) is 12.1 Å². The van der Waals surface area contributed by atoms with Crippen molar-refractivity contribution in [2.24, 2.45) is 5.84 Å². The summed E-state index contributed by atoms with van der Waals surface area (Å²) in [6, 6.07) is 7.77. The Morgan fingerprint density at radius 3 is 2.56 bits per heavy atom. The van der Waals surface area contributed by atoms with E-state index in [2.05, 4.69) is 17.4 Å². The van der Waals surface area contributed by atoms with Gasteiger partial charge in [0.25, 0.3) is 0 Å². The lowest BCUT2D eigenvalue weighted by molar-refractivity contribution is 0.414. The number of hydrogen-bond acceptors (Lipinski definition) is 4. The molecule has 1 atom stereocenters. The van der Waals surface area contributed by atoms with Crippen LogP contribution in [0.15, 0.2) is 36.7 Å². The molecule has 0 bridgehead atoms. The Hall–Kier alpha value is -1.85. The number of rotatable bonds is 5. The zero-order chi connectivity index (χ0) is 13.0. The first-order valence-corrected chi connectivity index (χ1v) is 5.91. The summed E-state index contributed by atoms with van der Waals surface area (Å²) in [7, 11) is 1.65. The quantitative estimate of drug-likeness (QED) is 0.619. The van der Waals surface area contributed by atoms with Gasteiger partial charge in [0, 0.05) is 18.3 Å². The Balaban J connectivity index is 2.26. The number of ether oxygens (including phenoxy) is 1. The Bertz CT molecular complexity index is 492. The van der Waals surface area contributed by atoms with Gasteiger partial charge in [-0.2, -0.15) is 5.10 Å². The SMILES string of the molecule is CCn1cc(C(NN)c2ccc(OC)cc2)cn1. The smallest absolute Gasteiger partial charge is 0.118 e. The van der Waals surface area contributed by atoms with E-state index in [0.29, 0.717) is 0 Å². The third kappa shape index (κ3) is 2.52. The van der Waals surface area contributed by atoms with E-state index >= 15 is 0 Å². The summed E-state index contributed by atoms with van der Waals surface area (Å²) in [5, 5.41) is 4.26. The third-order valence-corrected chi connectivity index (χ3v) is 2.93. The van der Waals surface area contributed by atoms with Crippen molar-refractivity contribution in [3.8, 4) is 5.75 Å². The molecule has 0 saturated heterocycles. The summed E-state index contributed by atoms with van der Waals surface area (Å²) >= 11 is 0. The predicted molar refractivity (Wildman–Crippen MR) is 70.1 cm³/mol. The normalized spacial score (nSPS) is 12.4. The molecule has 1 aromatic carbocycles. The second-order valence-corrected chi connectivity index (χ2v) is 4.00. The lowest BCUT2D eigenvalue weighted by Crippen LogP contribution is -2.28. The van der Waals surface area contributed by atoms with Crippen molar-refractivity contribution in [3.63, 3.8) is 0 Å². The van der Waals surface area contributed by atoms with Crippen LogP contribution in [0.3, 0.4) is 0 Å². The van der Waals surface area contributed by atoms with E-state index in [1.165, 1.54) is 0 Å². The van der Waals surface area contributed by atoms with Crippen molar-refractivity contribution >= 4 is 0 Å². The van der Waals surface area contributed by atoms with Crippen LogP contribution in [0.25, 0.3) is 0 Å². The second-order valence-electron chi connectivity index (χ2n) is 4.00. The molecule has 0 aliphatic heterocycles.